The molecule has 1 aromatic heterocycles. The highest BCUT2D eigenvalue weighted by atomic mass is 35.5. The molecule has 0 unspecified atom stereocenters. The lowest BCUT2D eigenvalue weighted by atomic mass is 10.2. The quantitative estimate of drug-likeness (QED) is 0.841. The van der Waals surface area contributed by atoms with Gasteiger partial charge in [-0.2, -0.15) is 9.36 Å². The van der Waals surface area contributed by atoms with Crippen LogP contribution in [0.3, 0.4) is 0 Å². The van der Waals surface area contributed by atoms with Crippen molar-refractivity contribution in [2.45, 2.75) is 0 Å². The minimum absolute atomic E-state index is 0.251. The van der Waals surface area contributed by atoms with E-state index in [1.807, 2.05) is 6.07 Å². The molecule has 2 aromatic rings. The lowest BCUT2D eigenvalue weighted by molar-refractivity contribution is 1.34. The first-order chi connectivity index (χ1) is 6.68. The molecule has 0 radical (unpaired) electrons. The normalized spacial score (nSPS) is 10.4. The molecule has 6 heteroatoms. The van der Waals surface area contributed by atoms with Crippen molar-refractivity contribution < 1.29 is 0 Å². The number of nitrogens with two attached hydrogens (primary N) is 1. The number of aromatic nitrogens is 2. The topological polar surface area (TPSA) is 51.8 Å². The Hall–Kier alpha value is -0.840. The monoisotopic (exact) mass is 245 g/mol. The van der Waals surface area contributed by atoms with Gasteiger partial charge in [-0.3, -0.25) is 0 Å². The minimum Gasteiger partial charge on any atom is -0.367 e. The van der Waals surface area contributed by atoms with Crippen molar-refractivity contribution >= 4 is 40.7 Å². The summed E-state index contributed by atoms with van der Waals surface area (Å²) in [5, 5.41) is 1.65. The predicted molar refractivity (Wildman–Crippen MR) is 59.8 cm³/mol. The number of benzene rings is 1. The summed E-state index contributed by atoms with van der Waals surface area (Å²) >= 11 is 13.1. The van der Waals surface area contributed by atoms with Gasteiger partial charge in [-0.05, 0) is 17.6 Å². The highest BCUT2D eigenvalue weighted by molar-refractivity contribution is 7.09. The zero-order valence-electron chi connectivity index (χ0n) is 6.87. The van der Waals surface area contributed by atoms with Crippen LogP contribution in [0.2, 0.25) is 10.0 Å². The number of hydrogen-bond acceptors (Lipinski definition) is 4. The highest BCUT2D eigenvalue weighted by Gasteiger charge is 2.10. The van der Waals surface area contributed by atoms with Crippen LogP contribution in [-0.4, -0.2) is 9.36 Å². The van der Waals surface area contributed by atoms with E-state index >= 15 is 0 Å². The van der Waals surface area contributed by atoms with E-state index in [9.17, 15) is 0 Å². The Morgan fingerprint density at radius 3 is 2.71 bits per heavy atom. The minimum atomic E-state index is 0.251. The third-order valence-electron chi connectivity index (χ3n) is 1.62. The van der Waals surface area contributed by atoms with Crippen molar-refractivity contribution in [2.75, 3.05) is 5.73 Å². The molecule has 0 bridgehead atoms. The molecule has 72 valence electrons. The summed E-state index contributed by atoms with van der Waals surface area (Å²) in [6, 6.07) is 5.35. The lowest BCUT2D eigenvalue weighted by Gasteiger charge is -2.00. The molecule has 0 atom stereocenters. The number of anilines is 1. The summed E-state index contributed by atoms with van der Waals surface area (Å²) in [6.07, 6.45) is 0. The van der Waals surface area contributed by atoms with Crippen molar-refractivity contribution in [1.29, 1.82) is 0 Å². The van der Waals surface area contributed by atoms with Crippen molar-refractivity contribution in [3.05, 3.63) is 28.2 Å². The van der Waals surface area contributed by atoms with E-state index in [2.05, 4.69) is 9.36 Å². The SMILES string of the molecule is Nc1nsc(-c2cccc(Cl)c2Cl)n1. The van der Waals surface area contributed by atoms with E-state index in [0.29, 0.717) is 15.1 Å². The summed E-state index contributed by atoms with van der Waals surface area (Å²) in [6.45, 7) is 0. The van der Waals surface area contributed by atoms with Crippen molar-refractivity contribution in [3.63, 3.8) is 0 Å². The average molecular weight is 246 g/mol. The van der Waals surface area contributed by atoms with Crippen LogP contribution < -0.4 is 5.73 Å². The highest BCUT2D eigenvalue weighted by Crippen LogP contribution is 2.34. The maximum Gasteiger partial charge on any atom is 0.232 e. The van der Waals surface area contributed by atoms with Gasteiger partial charge in [-0.25, -0.2) is 0 Å². The molecule has 2 rings (SSSR count). The lowest BCUT2D eigenvalue weighted by Crippen LogP contribution is -1.86. The molecule has 0 spiro atoms. The molecule has 2 N–H and O–H groups in total. The van der Waals surface area contributed by atoms with Crippen molar-refractivity contribution in [2.24, 2.45) is 0 Å². The molecule has 0 aliphatic rings. The summed E-state index contributed by atoms with van der Waals surface area (Å²) < 4.78 is 3.87. The van der Waals surface area contributed by atoms with Gasteiger partial charge >= 0.3 is 0 Å². The van der Waals surface area contributed by atoms with Crippen LogP contribution in [0.25, 0.3) is 10.6 Å². The number of hydrogen-bond donors (Lipinski definition) is 1. The number of halogens is 2. The Balaban J connectivity index is 2.57. The van der Waals surface area contributed by atoms with Crippen LogP contribution in [0.15, 0.2) is 18.2 Å². The van der Waals surface area contributed by atoms with Crippen LogP contribution >= 0.6 is 34.7 Å². The van der Waals surface area contributed by atoms with E-state index in [4.69, 9.17) is 28.9 Å². The third-order valence-corrected chi connectivity index (χ3v) is 3.21. The van der Waals surface area contributed by atoms with Crippen LogP contribution in [0.5, 0.6) is 0 Å². The van der Waals surface area contributed by atoms with Crippen LogP contribution in [0.1, 0.15) is 0 Å². The van der Waals surface area contributed by atoms with Crippen molar-refractivity contribution in [1.82, 2.24) is 9.36 Å². The van der Waals surface area contributed by atoms with Gasteiger partial charge in [-0.1, -0.05) is 35.3 Å². The second-order valence-corrected chi connectivity index (χ2v) is 4.10. The van der Waals surface area contributed by atoms with Crippen molar-refractivity contribution in [3.8, 4) is 10.6 Å². The Bertz CT molecular complexity index is 469. The van der Waals surface area contributed by atoms with E-state index in [0.717, 1.165) is 5.56 Å². The van der Waals surface area contributed by atoms with Gasteiger partial charge in [0.15, 0.2) is 0 Å². The molecule has 3 nitrogen and oxygen atoms in total. The van der Waals surface area contributed by atoms with Gasteiger partial charge < -0.3 is 5.73 Å². The van der Waals surface area contributed by atoms with Gasteiger partial charge in [-0.15, -0.1) is 0 Å². The molecule has 0 amide bonds. The molecule has 14 heavy (non-hydrogen) atoms. The first-order valence-electron chi connectivity index (χ1n) is 3.72. The molecule has 0 aliphatic heterocycles. The zero-order valence-corrected chi connectivity index (χ0v) is 9.20. The third kappa shape index (κ3) is 1.68. The van der Waals surface area contributed by atoms with Gasteiger partial charge in [0.25, 0.3) is 0 Å². The maximum atomic E-state index is 6.00. The van der Waals surface area contributed by atoms with Crippen LogP contribution in [0.4, 0.5) is 5.95 Å². The molecule has 1 aromatic carbocycles. The molecular formula is C8H5Cl2N3S. The average Bonchev–Trinajstić information content (AvgIpc) is 2.57. The van der Waals surface area contributed by atoms with Gasteiger partial charge in [0, 0.05) is 5.56 Å². The fourth-order valence-corrected chi connectivity index (χ4v) is 2.08. The number of nitrogens with zero attached hydrogens (tertiary/aromatic N) is 2. The molecule has 0 aliphatic carbocycles. The molecule has 0 saturated heterocycles. The van der Waals surface area contributed by atoms with Gasteiger partial charge in [0.2, 0.25) is 5.95 Å². The summed E-state index contributed by atoms with van der Waals surface area (Å²) in [4.78, 5) is 4.02. The molecule has 0 saturated carbocycles. The molecule has 0 fully saturated rings. The second kappa shape index (κ2) is 3.73. The van der Waals surface area contributed by atoms with E-state index in [1.54, 1.807) is 12.1 Å². The number of nitrogen functional groups attached to an aromatic ring is 1. The van der Waals surface area contributed by atoms with E-state index in [-0.39, 0.29) is 5.95 Å². The van der Waals surface area contributed by atoms with Gasteiger partial charge in [0.1, 0.15) is 5.01 Å². The largest absolute Gasteiger partial charge is 0.367 e. The zero-order chi connectivity index (χ0) is 10.1. The Kier molecular flexibility index (Phi) is 2.58. The first kappa shape index (κ1) is 9.71. The van der Waals surface area contributed by atoms with Gasteiger partial charge in [0.05, 0.1) is 10.0 Å². The maximum absolute atomic E-state index is 6.00. The molecular weight excluding hydrogens is 241 g/mol. The first-order valence-corrected chi connectivity index (χ1v) is 5.25. The molecule has 1 heterocycles. The summed E-state index contributed by atoms with van der Waals surface area (Å²) in [5.74, 6) is 0.251. The fourth-order valence-electron chi connectivity index (χ4n) is 1.01. The number of rotatable bonds is 1. The standard InChI is InChI=1S/C8H5Cl2N3S/c9-5-3-1-2-4(6(5)10)7-12-8(11)13-14-7/h1-3H,(H2,11,13). The summed E-state index contributed by atoms with van der Waals surface area (Å²) in [7, 11) is 0. The second-order valence-electron chi connectivity index (χ2n) is 2.56. The van der Waals surface area contributed by atoms with E-state index in [1.165, 1.54) is 11.5 Å². The fraction of sp³-hybridized carbons (Fsp3) is 0. The Morgan fingerprint density at radius 1 is 1.29 bits per heavy atom. The summed E-state index contributed by atoms with van der Waals surface area (Å²) in [5.41, 5.74) is 6.17. The predicted octanol–water partition coefficient (Wildman–Crippen LogP) is 3.09. The van der Waals surface area contributed by atoms with Crippen LogP contribution in [0, 0.1) is 0 Å². The smallest absolute Gasteiger partial charge is 0.232 e. The Morgan fingerprint density at radius 2 is 2.07 bits per heavy atom. The Labute approximate surface area is 94.7 Å². The van der Waals surface area contributed by atoms with E-state index < -0.39 is 0 Å². The van der Waals surface area contributed by atoms with Crippen LogP contribution in [-0.2, 0) is 0 Å².